The predicted octanol–water partition coefficient (Wildman–Crippen LogP) is 3.75. The van der Waals surface area contributed by atoms with Gasteiger partial charge in [-0.1, -0.05) is 18.2 Å². The number of amides is 1. The second kappa shape index (κ2) is 6.21. The maximum Gasteiger partial charge on any atom is 0.416 e. The van der Waals surface area contributed by atoms with Gasteiger partial charge in [-0.15, -0.1) is 0 Å². The molecule has 0 spiro atoms. The van der Waals surface area contributed by atoms with Gasteiger partial charge >= 0.3 is 6.18 Å². The van der Waals surface area contributed by atoms with E-state index in [4.69, 9.17) is 0 Å². The Morgan fingerprint density at radius 3 is 2.38 bits per heavy atom. The summed E-state index contributed by atoms with van der Waals surface area (Å²) in [6, 6.07) is 9.60. The van der Waals surface area contributed by atoms with Gasteiger partial charge in [0.1, 0.15) is 5.82 Å². The highest BCUT2D eigenvalue weighted by atomic mass is 19.4. The molecule has 1 N–H and O–H groups in total. The van der Waals surface area contributed by atoms with Crippen LogP contribution in [-0.4, -0.2) is 10.9 Å². The highest BCUT2D eigenvalue weighted by molar-refractivity contribution is 6.01. The molecule has 1 aromatic heterocycles. The number of alkyl halides is 3. The monoisotopic (exact) mass is 292 g/mol. The van der Waals surface area contributed by atoms with Crippen LogP contribution < -0.4 is 5.32 Å². The van der Waals surface area contributed by atoms with E-state index in [-0.39, 0.29) is 0 Å². The van der Waals surface area contributed by atoms with Gasteiger partial charge in [0.25, 0.3) is 0 Å². The van der Waals surface area contributed by atoms with Gasteiger partial charge in [-0.05, 0) is 35.9 Å². The van der Waals surface area contributed by atoms with Gasteiger partial charge in [-0.3, -0.25) is 4.79 Å². The van der Waals surface area contributed by atoms with Crippen LogP contribution in [0.5, 0.6) is 0 Å². The fourth-order valence-electron chi connectivity index (χ4n) is 1.56. The highest BCUT2D eigenvalue weighted by Crippen LogP contribution is 2.29. The van der Waals surface area contributed by atoms with E-state index in [0.29, 0.717) is 11.4 Å². The van der Waals surface area contributed by atoms with Crippen LogP contribution in [0.2, 0.25) is 0 Å². The number of rotatable bonds is 3. The molecule has 1 amide bonds. The minimum atomic E-state index is -4.36. The predicted molar refractivity (Wildman–Crippen MR) is 73.3 cm³/mol. The number of aromatic nitrogens is 1. The van der Waals surface area contributed by atoms with E-state index < -0.39 is 17.6 Å². The molecule has 0 radical (unpaired) electrons. The molecule has 1 heterocycles. The SMILES string of the molecule is O=C(/C=C/c1ccc(C(F)(F)F)cc1)Nc1ccccn1. The smallest absolute Gasteiger partial charge is 0.307 e. The molecule has 0 atom stereocenters. The summed E-state index contributed by atoms with van der Waals surface area (Å²) in [5.41, 5.74) is -0.225. The highest BCUT2D eigenvalue weighted by Gasteiger charge is 2.29. The standard InChI is InChI=1S/C15H11F3N2O/c16-15(17,18)12-7-4-11(5-8-12)6-9-14(21)20-13-3-1-2-10-19-13/h1-10H,(H,19,20,21)/b9-6+. The molecule has 0 saturated carbocycles. The van der Waals surface area contributed by atoms with Crippen LogP contribution in [0.25, 0.3) is 6.08 Å². The topological polar surface area (TPSA) is 42.0 Å². The van der Waals surface area contributed by atoms with Crippen LogP contribution in [0.1, 0.15) is 11.1 Å². The molecule has 2 rings (SSSR count). The number of pyridine rings is 1. The summed E-state index contributed by atoms with van der Waals surface area (Å²) in [6.45, 7) is 0. The Morgan fingerprint density at radius 1 is 1.10 bits per heavy atom. The Morgan fingerprint density at radius 2 is 1.81 bits per heavy atom. The van der Waals surface area contributed by atoms with Crippen LogP contribution in [-0.2, 0) is 11.0 Å². The van der Waals surface area contributed by atoms with Gasteiger partial charge < -0.3 is 5.32 Å². The van der Waals surface area contributed by atoms with Gasteiger partial charge in [-0.25, -0.2) is 4.98 Å². The number of benzene rings is 1. The molecule has 0 aliphatic heterocycles. The number of hydrogen-bond acceptors (Lipinski definition) is 2. The fraction of sp³-hybridized carbons (Fsp3) is 0.0667. The summed E-state index contributed by atoms with van der Waals surface area (Å²) in [4.78, 5) is 15.5. The molecule has 0 saturated heterocycles. The first-order valence-electron chi connectivity index (χ1n) is 6.02. The zero-order valence-corrected chi connectivity index (χ0v) is 10.8. The first kappa shape index (κ1) is 14.8. The minimum Gasteiger partial charge on any atom is -0.307 e. The number of carbonyl (C=O) groups excluding carboxylic acids is 1. The van der Waals surface area contributed by atoms with Crippen molar-refractivity contribution in [1.29, 1.82) is 0 Å². The van der Waals surface area contributed by atoms with Crippen LogP contribution in [0, 0.1) is 0 Å². The minimum absolute atomic E-state index is 0.402. The largest absolute Gasteiger partial charge is 0.416 e. The molecule has 0 bridgehead atoms. The van der Waals surface area contributed by atoms with E-state index in [2.05, 4.69) is 10.3 Å². The third kappa shape index (κ3) is 4.45. The maximum atomic E-state index is 12.4. The van der Waals surface area contributed by atoms with Crippen molar-refractivity contribution in [2.45, 2.75) is 6.18 Å². The lowest BCUT2D eigenvalue weighted by atomic mass is 10.1. The second-order valence-corrected chi connectivity index (χ2v) is 4.16. The van der Waals surface area contributed by atoms with E-state index in [9.17, 15) is 18.0 Å². The maximum absolute atomic E-state index is 12.4. The lowest BCUT2D eigenvalue weighted by molar-refractivity contribution is -0.137. The number of nitrogens with zero attached hydrogens (tertiary/aromatic N) is 1. The van der Waals surface area contributed by atoms with Crippen molar-refractivity contribution in [3.8, 4) is 0 Å². The lowest BCUT2D eigenvalue weighted by Gasteiger charge is -2.05. The van der Waals surface area contributed by atoms with Gasteiger partial charge in [0.05, 0.1) is 5.56 Å². The Hall–Kier alpha value is -2.63. The normalized spacial score (nSPS) is 11.6. The van der Waals surface area contributed by atoms with Crippen LogP contribution in [0.4, 0.5) is 19.0 Å². The number of anilines is 1. The zero-order chi connectivity index (χ0) is 15.3. The number of carbonyl (C=O) groups is 1. The average molecular weight is 292 g/mol. The Balaban J connectivity index is 1.99. The third-order valence-corrected chi connectivity index (χ3v) is 2.58. The molecule has 108 valence electrons. The number of halogens is 3. The molecule has 6 heteroatoms. The fourth-order valence-corrected chi connectivity index (χ4v) is 1.56. The number of nitrogens with one attached hydrogen (secondary N) is 1. The van der Waals surface area contributed by atoms with Crippen molar-refractivity contribution < 1.29 is 18.0 Å². The molecule has 0 fully saturated rings. The summed E-state index contributed by atoms with van der Waals surface area (Å²) in [5, 5.41) is 2.53. The Bertz CT molecular complexity index is 634. The molecule has 0 aliphatic rings. The average Bonchev–Trinajstić information content (AvgIpc) is 2.46. The second-order valence-electron chi connectivity index (χ2n) is 4.16. The Labute approximate surface area is 119 Å². The van der Waals surface area contributed by atoms with Gasteiger partial charge in [-0.2, -0.15) is 13.2 Å². The van der Waals surface area contributed by atoms with Crippen LogP contribution >= 0.6 is 0 Å². The molecule has 0 aliphatic carbocycles. The molecule has 2 aromatic rings. The molecule has 21 heavy (non-hydrogen) atoms. The van der Waals surface area contributed by atoms with Crippen molar-refractivity contribution in [3.63, 3.8) is 0 Å². The summed E-state index contributed by atoms with van der Waals surface area (Å²) in [5.74, 6) is -0.00633. The first-order chi connectivity index (χ1) is 9.95. The third-order valence-electron chi connectivity index (χ3n) is 2.58. The number of hydrogen-bond donors (Lipinski definition) is 1. The summed E-state index contributed by atoms with van der Waals surface area (Å²) >= 11 is 0. The van der Waals surface area contributed by atoms with Crippen molar-refractivity contribution in [1.82, 2.24) is 4.98 Å². The summed E-state index contributed by atoms with van der Waals surface area (Å²) in [6.07, 6.45) is -0.163. The summed E-state index contributed by atoms with van der Waals surface area (Å²) < 4.78 is 37.2. The molecular weight excluding hydrogens is 281 g/mol. The van der Waals surface area contributed by atoms with E-state index in [1.165, 1.54) is 30.5 Å². The van der Waals surface area contributed by atoms with E-state index in [1.54, 1.807) is 18.2 Å². The van der Waals surface area contributed by atoms with Gasteiger partial charge in [0, 0.05) is 12.3 Å². The van der Waals surface area contributed by atoms with Crippen LogP contribution in [0.3, 0.4) is 0 Å². The van der Waals surface area contributed by atoms with Crippen molar-refractivity contribution >= 4 is 17.8 Å². The summed E-state index contributed by atoms with van der Waals surface area (Å²) in [7, 11) is 0. The van der Waals surface area contributed by atoms with E-state index in [1.807, 2.05) is 0 Å². The quantitative estimate of drug-likeness (QED) is 0.875. The zero-order valence-electron chi connectivity index (χ0n) is 10.8. The van der Waals surface area contributed by atoms with Crippen molar-refractivity contribution in [3.05, 3.63) is 65.9 Å². The Kier molecular flexibility index (Phi) is 4.37. The molecule has 1 aromatic carbocycles. The molecule has 3 nitrogen and oxygen atoms in total. The molecular formula is C15H11F3N2O. The van der Waals surface area contributed by atoms with Crippen molar-refractivity contribution in [2.75, 3.05) is 5.32 Å². The van der Waals surface area contributed by atoms with E-state index >= 15 is 0 Å². The van der Waals surface area contributed by atoms with Gasteiger partial charge in [0.15, 0.2) is 0 Å². The van der Waals surface area contributed by atoms with Crippen molar-refractivity contribution in [2.24, 2.45) is 0 Å². The first-order valence-corrected chi connectivity index (χ1v) is 6.02. The van der Waals surface area contributed by atoms with Crippen LogP contribution in [0.15, 0.2) is 54.7 Å². The van der Waals surface area contributed by atoms with Gasteiger partial charge in [0.2, 0.25) is 5.91 Å². The molecule has 0 unspecified atom stereocenters. The van der Waals surface area contributed by atoms with E-state index in [0.717, 1.165) is 12.1 Å². The lowest BCUT2D eigenvalue weighted by Crippen LogP contribution is -2.08.